The highest BCUT2D eigenvalue weighted by molar-refractivity contribution is 7.99. The number of likely N-dealkylation sites (tertiary alicyclic amines) is 1. The smallest absolute Gasteiger partial charge is 0.308 e. The van der Waals surface area contributed by atoms with Gasteiger partial charge in [0.2, 0.25) is 5.91 Å². The van der Waals surface area contributed by atoms with Crippen molar-refractivity contribution in [3.63, 3.8) is 0 Å². The largest absolute Gasteiger partial charge is 0.481 e. The first-order chi connectivity index (χ1) is 10.1. The van der Waals surface area contributed by atoms with Crippen LogP contribution in [0, 0.1) is 11.7 Å². The van der Waals surface area contributed by atoms with E-state index in [1.807, 2.05) is 0 Å². The highest BCUT2D eigenvalue weighted by Crippen LogP contribution is 2.23. The molecule has 1 saturated heterocycles. The van der Waals surface area contributed by atoms with Crippen molar-refractivity contribution >= 4 is 23.6 Å². The molecule has 0 unspecified atom stereocenters. The molecule has 1 heterocycles. The van der Waals surface area contributed by atoms with Crippen LogP contribution in [0.3, 0.4) is 0 Å². The Balaban J connectivity index is 1.79. The Hall–Kier alpha value is -1.56. The molecule has 1 aliphatic rings. The van der Waals surface area contributed by atoms with E-state index >= 15 is 0 Å². The van der Waals surface area contributed by atoms with Crippen molar-refractivity contribution in [1.82, 2.24) is 4.90 Å². The molecule has 6 heteroatoms. The summed E-state index contributed by atoms with van der Waals surface area (Å²) in [5.41, 5.74) is 0. The summed E-state index contributed by atoms with van der Waals surface area (Å²) in [6, 6.07) is 6.47. The number of piperidine rings is 1. The zero-order valence-corrected chi connectivity index (χ0v) is 12.4. The van der Waals surface area contributed by atoms with Crippen molar-refractivity contribution in [1.29, 1.82) is 0 Å². The van der Waals surface area contributed by atoms with E-state index in [1.54, 1.807) is 23.1 Å². The molecule has 114 valence electrons. The van der Waals surface area contributed by atoms with E-state index in [2.05, 4.69) is 0 Å². The molecular weight excluding hydrogens is 293 g/mol. The minimum absolute atomic E-state index is 0.0511. The zero-order chi connectivity index (χ0) is 15.2. The Morgan fingerprint density at radius 2 is 2.14 bits per heavy atom. The topological polar surface area (TPSA) is 57.6 Å². The first kappa shape index (κ1) is 15.8. The number of benzene rings is 1. The van der Waals surface area contributed by atoms with Gasteiger partial charge in [0.05, 0.1) is 5.92 Å². The third kappa shape index (κ3) is 4.46. The van der Waals surface area contributed by atoms with Crippen molar-refractivity contribution in [2.75, 3.05) is 18.8 Å². The minimum Gasteiger partial charge on any atom is -0.481 e. The van der Waals surface area contributed by atoms with E-state index in [-0.39, 0.29) is 11.7 Å². The van der Waals surface area contributed by atoms with Crippen LogP contribution in [0.5, 0.6) is 0 Å². The molecule has 1 aromatic rings. The van der Waals surface area contributed by atoms with E-state index in [0.29, 0.717) is 36.6 Å². The number of carbonyl (C=O) groups is 2. The van der Waals surface area contributed by atoms with Gasteiger partial charge in [-0.05, 0) is 25.0 Å². The lowest BCUT2D eigenvalue weighted by Gasteiger charge is -2.30. The highest BCUT2D eigenvalue weighted by atomic mass is 32.2. The number of halogens is 1. The molecule has 21 heavy (non-hydrogen) atoms. The summed E-state index contributed by atoms with van der Waals surface area (Å²) in [4.78, 5) is 25.2. The molecule has 1 aliphatic heterocycles. The minimum atomic E-state index is -0.840. The first-order valence-electron chi connectivity index (χ1n) is 6.96. The van der Waals surface area contributed by atoms with Crippen LogP contribution in [-0.4, -0.2) is 40.7 Å². The second-order valence-corrected chi connectivity index (χ2v) is 6.18. The quantitative estimate of drug-likeness (QED) is 0.849. The molecule has 0 bridgehead atoms. The van der Waals surface area contributed by atoms with E-state index in [4.69, 9.17) is 5.11 Å². The SMILES string of the molecule is O=C(O)[C@@H]1CCCN(C(=O)CCSc2ccccc2F)C1. The highest BCUT2D eigenvalue weighted by Gasteiger charge is 2.27. The van der Waals surface area contributed by atoms with Crippen LogP contribution < -0.4 is 0 Å². The Kier molecular flexibility index (Phi) is 5.61. The van der Waals surface area contributed by atoms with Gasteiger partial charge in [0.1, 0.15) is 5.82 Å². The second-order valence-electron chi connectivity index (χ2n) is 5.05. The van der Waals surface area contributed by atoms with Crippen molar-refractivity contribution in [3.8, 4) is 0 Å². The Labute approximate surface area is 127 Å². The van der Waals surface area contributed by atoms with E-state index < -0.39 is 11.9 Å². The number of nitrogens with zero attached hydrogens (tertiary/aromatic N) is 1. The lowest BCUT2D eigenvalue weighted by molar-refractivity contribution is -0.145. The molecule has 1 atom stereocenters. The molecule has 1 amide bonds. The van der Waals surface area contributed by atoms with Crippen molar-refractivity contribution < 1.29 is 19.1 Å². The molecule has 2 rings (SSSR count). The summed E-state index contributed by atoms with van der Waals surface area (Å²) in [6.45, 7) is 0.908. The fourth-order valence-corrected chi connectivity index (χ4v) is 3.25. The molecule has 1 fully saturated rings. The normalized spacial score (nSPS) is 18.5. The number of hydrogen-bond donors (Lipinski definition) is 1. The maximum atomic E-state index is 13.4. The van der Waals surface area contributed by atoms with Gasteiger partial charge in [-0.25, -0.2) is 4.39 Å². The van der Waals surface area contributed by atoms with E-state index in [0.717, 1.165) is 6.42 Å². The summed E-state index contributed by atoms with van der Waals surface area (Å²) in [7, 11) is 0. The molecule has 0 aromatic heterocycles. The lowest BCUT2D eigenvalue weighted by atomic mass is 9.98. The molecule has 0 radical (unpaired) electrons. The van der Waals surface area contributed by atoms with Crippen LogP contribution in [0.1, 0.15) is 19.3 Å². The number of amides is 1. The Morgan fingerprint density at radius 1 is 1.38 bits per heavy atom. The summed E-state index contributed by atoms with van der Waals surface area (Å²) in [6.07, 6.45) is 1.65. The van der Waals surface area contributed by atoms with Crippen LogP contribution in [0.2, 0.25) is 0 Å². The zero-order valence-electron chi connectivity index (χ0n) is 11.6. The maximum Gasteiger partial charge on any atom is 0.308 e. The number of aliphatic carboxylic acids is 1. The van der Waals surface area contributed by atoms with Crippen LogP contribution in [0.4, 0.5) is 4.39 Å². The van der Waals surface area contributed by atoms with Crippen molar-refractivity contribution in [2.45, 2.75) is 24.2 Å². The number of thioether (sulfide) groups is 1. The maximum absolute atomic E-state index is 13.4. The average molecular weight is 311 g/mol. The summed E-state index contributed by atoms with van der Waals surface area (Å²) in [5.74, 6) is -1.13. The van der Waals surface area contributed by atoms with E-state index in [1.165, 1.54) is 17.8 Å². The van der Waals surface area contributed by atoms with Gasteiger partial charge in [-0.3, -0.25) is 9.59 Å². The van der Waals surface area contributed by atoms with Crippen molar-refractivity contribution in [2.24, 2.45) is 5.92 Å². The lowest BCUT2D eigenvalue weighted by Crippen LogP contribution is -2.42. The number of rotatable bonds is 5. The van der Waals surface area contributed by atoms with Gasteiger partial charge >= 0.3 is 5.97 Å². The number of hydrogen-bond acceptors (Lipinski definition) is 3. The summed E-state index contributed by atoms with van der Waals surface area (Å²) < 4.78 is 13.4. The molecule has 4 nitrogen and oxygen atoms in total. The molecular formula is C15H18FNO3S. The monoisotopic (exact) mass is 311 g/mol. The Morgan fingerprint density at radius 3 is 2.86 bits per heavy atom. The summed E-state index contributed by atoms with van der Waals surface area (Å²) in [5, 5.41) is 9.01. The standard InChI is InChI=1S/C15H18FNO3S/c16-12-5-1-2-6-13(12)21-9-7-14(18)17-8-3-4-11(10-17)15(19)20/h1-2,5-6,11H,3-4,7-10H2,(H,19,20)/t11-/m1/s1. The predicted octanol–water partition coefficient (Wildman–Crippen LogP) is 2.63. The van der Waals surface area contributed by atoms with Crippen LogP contribution in [0.15, 0.2) is 29.2 Å². The predicted molar refractivity (Wildman–Crippen MR) is 78.7 cm³/mol. The number of carbonyl (C=O) groups excluding carboxylic acids is 1. The van der Waals surface area contributed by atoms with E-state index in [9.17, 15) is 14.0 Å². The third-order valence-corrected chi connectivity index (χ3v) is 4.58. The second kappa shape index (κ2) is 7.45. The fourth-order valence-electron chi connectivity index (χ4n) is 2.37. The number of carboxylic acid groups (broad SMARTS) is 1. The van der Waals surface area contributed by atoms with Crippen LogP contribution >= 0.6 is 11.8 Å². The first-order valence-corrected chi connectivity index (χ1v) is 7.94. The van der Waals surface area contributed by atoms with Crippen molar-refractivity contribution in [3.05, 3.63) is 30.1 Å². The molecule has 0 saturated carbocycles. The third-order valence-electron chi connectivity index (χ3n) is 3.53. The van der Waals surface area contributed by atoms with Gasteiger partial charge in [-0.1, -0.05) is 12.1 Å². The van der Waals surface area contributed by atoms with Crippen LogP contribution in [0.25, 0.3) is 0 Å². The van der Waals surface area contributed by atoms with Crippen LogP contribution in [-0.2, 0) is 9.59 Å². The fraction of sp³-hybridized carbons (Fsp3) is 0.467. The van der Waals surface area contributed by atoms with Gasteiger partial charge in [0, 0.05) is 30.2 Å². The van der Waals surface area contributed by atoms with Gasteiger partial charge in [0.15, 0.2) is 0 Å². The van der Waals surface area contributed by atoms with Gasteiger partial charge in [-0.2, -0.15) is 0 Å². The molecule has 0 spiro atoms. The molecule has 0 aliphatic carbocycles. The van der Waals surface area contributed by atoms with Gasteiger partial charge < -0.3 is 10.0 Å². The Bertz CT molecular complexity index is 523. The average Bonchev–Trinajstić information content (AvgIpc) is 2.49. The van der Waals surface area contributed by atoms with Gasteiger partial charge in [0.25, 0.3) is 0 Å². The van der Waals surface area contributed by atoms with Gasteiger partial charge in [-0.15, -0.1) is 11.8 Å². The number of carboxylic acids is 1. The summed E-state index contributed by atoms with van der Waals surface area (Å²) >= 11 is 1.31. The molecule has 1 N–H and O–H groups in total. The molecule has 1 aromatic carbocycles.